The van der Waals surface area contributed by atoms with Crippen molar-refractivity contribution >= 4 is 32.8 Å². The van der Waals surface area contributed by atoms with E-state index in [9.17, 15) is 12.8 Å². The van der Waals surface area contributed by atoms with Crippen LogP contribution in [0.4, 0.5) is 15.8 Å². The van der Waals surface area contributed by atoms with Crippen molar-refractivity contribution in [3.05, 3.63) is 53.3 Å². The van der Waals surface area contributed by atoms with Crippen LogP contribution in [0.5, 0.6) is 0 Å². The highest BCUT2D eigenvalue weighted by Crippen LogP contribution is 2.27. The minimum absolute atomic E-state index is 0.0261. The molecular weight excluding hydrogens is 289 g/mol. The largest absolute Gasteiger partial charge is 0.354 e. The summed E-state index contributed by atoms with van der Waals surface area (Å²) in [4.78, 5) is 0.176. The first-order chi connectivity index (χ1) is 8.88. The Labute approximate surface area is 115 Å². The third kappa shape index (κ3) is 3.24. The topological polar surface area (TPSA) is 46.2 Å². The lowest BCUT2D eigenvalue weighted by Gasteiger charge is -2.11. The molecular formula is C13H11ClFNO2S. The molecule has 100 valence electrons. The van der Waals surface area contributed by atoms with Gasteiger partial charge in [-0.3, -0.25) is 0 Å². The average Bonchev–Trinajstić information content (AvgIpc) is 2.33. The Morgan fingerprint density at radius 1 is 1.16 bits per heavy atom. The highest BCUT2D eigenvalue weighted by molar-refractivity contribution is 7.90. The van der Waals surface area contributed by atoms with E-state index < -0.39 is 15.7 Å². The number of benzene rings is 2. The molecule has 19 heavy (non-hydrogen) atoms. The number of hydrogen-bond acceptors (Lipinski definition) is 3. The first-order valence-electron chi connectivity index (χ1n) is 5.39. The number of halogens is 2. The maximum Gasteiger partial charge on any atom is 0.177 e. The number of sulfone groups is 1. The molecule has 0 saturated heterocycles. The van der Waals surface area contributed by atoms with Crippen LogP contribution in [0, 0.1) is 5.82 Å². The highest BCUT2D eigenvalue weighted by atomic mass is 35.5. The molecule has 0 spiro atoms. The summed E-state index contributed by atoms with van der Waals surface area (Å²) >= 11 is 5.68. The predicted octanol–water partition coefficient (Wildman–Crippen LogP) is 3.63. The fourth-order valence-corrected chi connectivity index (χ4v) is 2.65. The molecule has 0 heterocycles. The van der Waals surface area contributed by atoms with Gasteiger partial charge < -0.3 is 5.32 Å². The quantitative estimate of drug-likeness (QED) is 0.941. The zero-order chi connectivity index (χ0) is 14.0. The van der Waals surface area contributed by atoms with Gasteiger partial charge >= 0.3 is 0 Å². The molecule has 0 amide bonds. The summed E-state index contributed by atoms with van der Waals surface area (Å²) in [5, 5.41) is 2.89. The molecule has 3 nitrogen and oxygen atoms in total. The number of rotatable bonds is 3. The van der Waals surface area contributed by atoms with Gasteiger partial charge in [0, 0.05) is 11.9 Å². The molecule has 1 N–H and O–H groups in total. The van der Waals surface area contributed by atoms with E-state index >= 15 is 0 Å². The van der Waals surface area contributed by atoms with Gasteiger partial charge in [-0.05, 0) is 30.3 Å². The maximum atomic E-state index is 13.1. The van der Waals surface area contributed by atoms with E-state index in [2.05, 4.69) is 5.32 Å². The molecule has 0 saturated carbocycles. The molecule has 0 aromatic heterocycles. The molecule has 0 bridgehead atoms. The fourth-order valence-electron chi connectivity index (χ4n) is 1.62. The van der Waals surface area contributed by atoms with Crippen molar-refractivity contribution in [2.75, 3.05) is 11.6 Å². The van der Waals surface area contributed by atoms with Gasteiger partial charge in [0.2, 0.25) is 0 Å². The van der Waals surface area contributed by atoms with Gasteiger partial charge in [0.25, 0.3) is 0 Å². The zero-order valence-corrected chi connectivity index (χ0v) is 11.6. The van der Waals surface area contributed by atoms with E-state index in [1.165, 1.54) is 24.3 Å². The van der Waals surface area contributed by atoms with E-state index in [1.54, 1.807) is 18.2 Å². The lowest BCUT2D eigenvalue weighted by atomic mass is 10.2. The molecule has 2 aromatic rings. The van der Waals surface area contributed by atoms with Gasteiger partial charge in [-0.1, -0.05) is 23.7 Å². The third-order valence-electron chi connectivity index (χ3n) is 2.49. The molecule has 0 aliphatic carbocycles. The minimum Gasteiger partial charge on any atom is -0.354 e. The summed E-state index contributed by atoms with van der Waals surface area (Å²) in [5.74, 6) is -0.524. The summed E-state index contributed by atoms with van der Waals surface area (Å²) in [6.07, 6.45) is 1.13. The van der Waals surface area contributed by atoms with Crippen molar-refractivity contribution in [1.82, 2.24) is 0 Å². The lowest BCUT2D eigenvalue weighted by molar-refractivity contribution is 0.602. The smallest absolute Gasteiger partial charge is 0.177 e. The molecule has 6 heteroatoms. The van der Waals surface area contributed by atoms with Crippen LogP contribution in [0.1, 0.15) is 0 Å². The van der Waals surface area contributed by atoms with E-state index in [0.29, 0.717) is 11.4 Å². The number of nitrogens with one attached hydrogen (secondary N) is 1. The molecule has 2 aromatic carbocycles. The summed E-state index contributed by atoms with van der Waals surface area (Å²) in [6, 6.07) is 10.6. The van der Waals surface area contributed by atoms with Gasteiger partial charge in [0.05, 0.1) is 15.6 Å². The Morgan fingerprint density at radius 3 is 2.47 bits per heavy atom. The van der Waals surface area contributed by atoms with Crippen LogP contribution >= 0.6 is 11.6 Å². The summed E-state index contributed by atoms with van der Waals surface area (Å²) in [7, 11) is -3.34. The van der Waals surface area contributed by atoms with Crippen molar-refractivity contribution in [1.29, 1.82) is 0 Å². The van der Waals surface area contributed by atoms with Crippen molar-refractivity contribution in [3.8, 4) is 0 Å². The Morgan fingerprint density at radius 2 is 1.84 bits per heavy atom. The molecule has 0 fully saturated rings. The van der Waals surface area contributed by atoms with Crippen LogP contribution in [-0.4, -0.2) is 14.7 Å². The van der Waals surface area contributed by atoms with Gasteiger partial charge in [-0.2, -0.15) is 0 Å². The van der Waals surface area contributed by atoms with Crippen LogP contribution in [0.25, 0.3) is 0 Å². The van der Waals surface area contributed by atoms with Gasteiger partial charge in [-0.15, -0.1) is 0 Å². The number of hydrogen-bond donors (Lipinski definition) is 1. The van der Waals surface area contributed by atoms with Crippen LogP contribution < -0.4 is 5.32 Å². The standard InChI is InChI=1S/C13H11ClFNO2S/c1-19(17,18)13-5-3-2-4-12(13)16-9-6-7-11(15)10(14)8-9/h2-8,16H,1H3. The second-order valence-electron chi connectivity index (χ2n) is 4.02. The second kappa shape index (κ2) is 5.19. The van der Waals surface area contributed by atoms with Crippen LogP contribution in [-0.2, 0) is 9.84 Å². The Kier molecular flexibility index (Phi) is 3.78. The third-order valence-corrected chi connectivity index (χ3v) is 3.93. The van der Waals surface area contributed by atoms with E-state index in [1.807, 2.05) is 0 Å². The molecule has 0 aliphatic rings. The fraction of sp³-hybridized carbons (Fsp3) is 0.0769. The Hall–Kier alpha value is -1.59. The minimum atomic E-state index is -3.34. The maximum absolute atomic E-state index is 13.1. The monoisotopic (exact) mass is 299 g/mol. The predicted molar refractivity (Wildman–Crippen MR) is 74.2 cm³/mol. The van der Waals surface area contributed by atoms with E-state index in [-0.39, 0.29) is 9.92 Å². The summed E-state index contributed by atoms with van der Waals surface area (Å²) < 4.78 is 36.3. The van der Waals surface area contributed by atoms with Gasteiger partial charge in [-0.25, -0.2) is 12.8 Å². The summed E-state index contributed by atoms with van der Waals surface area (Å²) in [5.41, 5.74) is 0.940. The van der Waals surface area contributed by atoms with Gasteiger partial charge in [0.1, 0.15) is 5.82 Å². The number of anilines is 2. The van der Waals surface area contributed by atoms with Crippen LogP contribution in [0.15, 0.2) is 47.4 Å². The van der Waals surface area contributed by atoms with E-state index in [4.69, 9.17) is 11.6 Å². The normalized spacial score (nSPS) is 11.3. The Balaban J connectivity index is 2.41. The summed E-state index contributed by atoms with van der Waals surface area (Å²) in [6.45, 7) is 0. The number of para-hydroxylation sites is 1. The van der Waals surface area contributed by atoms with Crippen LogP contribution in [0.2, 0.25) is 5.02 Å². The molecule has 0 unspecified atom stereocenters. The van der Waals surface area contributed by atoms with Crippen molar-refractivity contribution in [2.45, 2.75) is 4.90 Å². The Bertz CT molecular complexity index is 716. The molecule has 0 radical (unpaired) electrons. The van der Waals surface area contributed by atoms with Crippen molar-refractivity contribution in [3.63, 3.8) is 0 Å². The van der Waals surface area contributed by atoms with Crippen molar-refractivity contribution < 1.29 is 12.8 Å². The average molecular weight is 300 g/mol. The van der Waals surface area contributed by atoms with Crippen LogP contribution in [0.3, 0.4) is 0 Å². The zero-order valence-electron chi connectivity index (χ0n) is 10.0. The highest BCUT2D eigenvalue weighted by Gasteiger charge is 2.12. The van der Waals surface area contributed by atoms with Crippen molar-refractivity contribution in [2.24, 2.45) is 0 Å². The first kappa shape index (κ1) is 13.8. The lowest BCUT2D eigenvalue weighted by Crippen LogP contribution is -2.02. The SMILES string of the molecule is CS(=O)(=O)c1ccccc1Nc1ccc(F)c(Cl)c1. The second-order valence-corrected chi connectivity index (χ2v) is 6.41. The van der Waals surface area contributed by atoms with Gasteiger partial charge in [0.15, 0.2) is 9.84 Å². The molecule has 0 atom stereocenters. The molecule has 0 aliphatic heterocycles. The van der Waals surface area contributed by atoms with E-state index in [0.717, 1.165) is 6.26 Å². The first-order valence-corrected chi connectivity index (χ1v) is 7.66. The molecule has 2 rings (SSSR count).